The molecule has 4 heterocycles. The summed E-state index contributed by atoms with van der Waals surface area (Å²) in [6.07, 6.45) is 6.31. The van der Waals surface area contributed by atoms with E-state index >= 15 is 0 Å². The molecule has 0 atom stereocenters. The highest BCUT2D eigenvalue weighted by Crippen LogP contribution is 2.36. The summed E-state index contributed by atoms with van der Waals surface area (Å²) in [5, 5.41) is 9.28. The largest absolute Gasteiger partial charge is 0.424 e. The minimum absolute atomic E-state index is 0.0306. The predicted octanol–water partition coefficient (Wildman–Crippen LogP) is 6.70. The zero-order valence-corrected chi connectivity index (χ0v) is 21.4. The highest BCUT2D eigenvalue weighted by Gasteiger charge is 2.31. The number of nitrogens with zero attached hydrogens (tertiary/aromatic N) is 6. The van der Waals surface area contributed by atoms with Crippen LogP contribution in [0.25, 0.3) is 27.9 Å². The maximum Gasteiger partial charge on any atom is 0.416 e. The minimum Gasteiger partial charge on any atom is -0.424 e. The molecule has 208 valence electrons. The molecule has 4 aromatic heterocycles. The van der Waals surface area contributed by atoms with Crippen molar-refractivity contribution in [2.45, 2.75) is 6.18 Å². The molecule has 42 heavy (non-hydrogen) atoms. The van der Waals surface area contributed by atoms with E-state index in [4.69, 9.17) is 4.74 Å². The van der Waals surface area contributed by atoms with Gasteiger partial charge >= 0.3 is 18.2 Å². The average molecular weight is 569 g/mol. The van der Waals surface area contributed by atoms with Crippen molar-refractivity contribution in [3.8, 4) is 34.0 Å². The van der Waals surface area contributed by atoms with Crippen LogP contribution in [-0.4, -0.2) is 35.6 Å². The van der Waals surface area contributed by atoms with E-state index in [-0.39, 0.29) is 17.4 Å². The maximum atomic E-state index is 13.3. The molecule has 0 aliphatic carbocycles. The van der Waals surface area contributed by atoms with Crippen molar-refractivity contribution in [3.05, 3.63) is 110 Å². The van der Waals surface area contributed by atoms with Gasteiger partial charge in [-0.3, -0.25) is 4.98 Å². The number of nitrogens with one attached hydrogen (secondary N) is 2. The van der Waals surface area contributed by atoms with E-state index in [2.05, 4.69) is 35.7 Å². The number of aromatic nitrogens is 6. The second-order valence-electron chi connectivity index (χ2n) is 8.91. The normalized spacial score (nSPS) is 11.3. The fraction of sp³-hybridized carbons (Fsp3) is 0.0345. The summed E-state index contributed by atoms with van der Waals surface area (Å²) in [7, 11) is 0. The molecule has 0 spiro atoms. The standard InChI is InChI=1S/C29H19F3N8O2/c30-29(31,32)20-6-9-23(19-3-1-10-33-14-19)25(13-20)39-27(41)38-21-15-35-28(36-16-21)42-22-7-4-18(5-8-22)24-17-37-40-12-2-11-34-26(24)40/h1-17H,(H2,38,39,41). The van der Waals surface area contributed by atoms with Gasteiger partial charge in [-0.25, -0.2) is 24.3 Å². The first-order chi connectivity index (χ1) is 20.3. The lowest BCUT2D eigenvalue weighted by atomic mass is 10.0. The molecule has 10 nitrogen and oxygen atoms in total. The Kier molecular flexibility index (Phi) is 6.88. The van der Waals surface area contributed by atoms with Gasteiger partial charge in [0.25, 0.3) is 0 Å². The minimum atomic E-state index is -4.59. The molecule has 0 fully saturated rings. The summed E-state index contributed by atoms with van der Waals surface area (Å²) >= 11 is 0. The highest BCUT2D eigenvalue weighted by molar-refractivity contribution is 6.02. The number of ether oxygens (including phenoxy) is 1. The molecule has 0 aliphatic rings. The van der Waals surface area contributed by atoms with Crippen molar-refractivity contribution in [1.29, 1.82) is 0 Å². The first-order valence-corrected chi connectivity index (χ1v) is 12.4. The Morgan fingerprint density at radius 1 is 0.810 bits per heavy atom. The molecule has 2 N–H and O–H groups in total. The summed E-state index contributed by atoms with van der Waals surface area (Å²) in [6.45, 7) is 0. The molecule has 6 aromatic rings. The van der Waals surface area contributed by atoms with Crippen LogP contribution >= 0.6 is 0 Å². The fourth-order valence-electron chi connectivity index (χ4n) is 4.15. The van der Waals surface area contributed by atoms with Gasteiger partial charge in [-0.2, -0.15) is 18.3 Å². The zero-order chi connectivity index (χ0) is 29.1. The summed E-state index contributed by atoms with van der Waals surface area (Å²) in [4.78, 5) is 29.3. The van der Waals surface area contributed by atoms with Crippen LogP contribution in [0.1, 0.15) is 5.56 Å². The number of fused-ring (bicyclic) bond motifs is 1. The summed E-state index contributed by atoms with van der Waals surface area (Å²) < 4.78 is 47.4. The summed E-state index contributed by atoms with van der Waals surface area (Å²) in [5.74, 6) is 0.481. The second kappa shape index (κ2) is 11.0. The van der Waals surface area contributed by atoms with Gasteiger partial charge < -0.3 is 15.4 Å². The number of pyridine rings is 1. The van der Waals surface area contributed by atoms with Crippen molar-refractivity contribution in [3.63, 3.8) is 0 Å². The molecule has 0 saturated carbocycles. The molecule has 0 saturated heterocycles. The van der Waals surface area contributed by atoms with Crippen LogP contribution in [0.5, 0.6) is 11.8 Å². The third-order valence-corrected chi connectivity index (χ3v) is 6.11. The Labute approximate surface area is 235 Å². The van der Waals surface area contributed by atoms with E-state index < -0.39 is 17.8 Å². The third-order valence-electron chi connectivity index (χ3n) is 6.11. The fourth-order valence-corrected chi connectivity index (χ4v) is 4.15. The van der Waals surface area contributed by atoms with E-state index in [1.807, 2.05) is 18.3 Å². The van der Waals surface area contributed by atoms with Crippen LogP contribution in [0.15, 0.2) is 104 Å². The van der Waals surface area contributed by atoms with Gasteiger partial charge in [-0.05, 0) is 42.0 Å². The number of urea groups is 1. The van der Waals surface area contributed by atoms with E-state index in [9.17, 15) is 18.0 Å². The third kappa shape index (κ3) is 5.70. The number of carbonyl (C=O) groups excluding carboxylic acids is 1. The number of benzene rings is 2. The zero-order valence-electron chi connectivity index (χ0n) is 21.4. The van der Waals surface area contributed by atoms with Crippen LogP contribution in [0.4, 0.5) is 29.3 Å². The number of hydrogen-bond acceptors (Lipinski definition) is 7. The molecular weight excluding hydrogens is 549 g/mol. The van der Waals surface area contributed by atoms with Crippen molar-refractivity contribution in [2.75, 3.05) is 10.6 Å². The van der Waals surface area contributed by atoms with Gasteiger partial charge in [0.2, 0.25) is 0 Å². The number of halogens is 3. The van der Waals surface area contributed by atoms with Crippen molar-refractivity contribution < 1.29 is 22.7 Å². The Balaban J connectivity index is 1.12. The quantitative estimate of drug-likeness (QED) is 0.229. The van der Waals surface area contributed by atoms with Crippen LogP contribution in [0, 0.1) is 0 Å². The van der Waals surface area contributed by atoms with Gasteiger partial charge in [0.15, 0.2) is 5.65 Å². The molecule has 6 rings (SSSR count). The summed E-state index contributed by atoms with van der Waals surface area (Å²) in [5.41, 5.74) is 2.65. The molecule has 0 radical (unpaired) electrons. The molecule has 13 heteroatoms. The van der Waals surface area contributed by atoms with Crippen LogP contribution in [0.3, 0.4) is 0 Å². The number of alkyl halides is 3. The summed E-state index contributed by atoms with van der Waals surface area (Å²) in [6, 6.07) is 14.7. The average Bonchev–Trinajstić information content (AvgIpc) is 3.43. The van der Waals surface area contributed by atoms with Crippen LogP contribution in [-0.2, 0) is 6.18 Å². The number of rotatable bonds is 6. The van der Waals surface area contributed by atoms with Crippen LogP contribution < -0.4 is 15.4 Å². The lowest BCUT2D eigenvalue weighted by molar-refractivity contribution is -0.137. The molecule has 0 bridgehead atoms. The second-order valence-corrected chi connectivity index (χ2v) is 8.91. The molecule has 0 unspecified atom stereocenters. The Hall–Kier alpha value is -5.85. The SMILES string of the molecule is O=C(Nc1cnc(Oc2ccc(-c3cnn4cccnc34)cc2)nc1)Nc1cc(C(F)(F)F)ccc1-c1cccnc1. The van der Waals surface area contributed by atoms with Gasteiger partial charge in [-0.1, -0.05) is 24.3 Å². The van der Waals surface area contributed by atoms with Crippen molar-refractivity contribution >= 4 is 23.1 Å². The van der Waals surface area contributed by atoms with Gasteiger partial charge in [-0.15, -0.1) is 0 Å². The first-order valence-electron chi connectivity index (χ1n) is 12.4. The Bertz CT molecular complexity index is 1860. The predicted molar refractivity (Wildman–Crippen MR) is 148 cm³/mol. The van der Waals surface area contributed by atoms with Crippen molar-refractivity contribution in [2.24, 2.45) is 0 Å². The van der Waals surface area contributed by atoms with E-state index in [1.54, 1.807) is 47.2 Å². The molecular formula is C29H19F3N8O2. The monoisotopic (exact) mass is 568 g/mol. The van der Waals surface area contributed by atoms with E-state index in [0.717, 1.165) is 28.9 Å². The van der Waals surface area contributed by atoms with Crippen molar-refractivity contribution in [1.82, 2.24) is 29.5 Å². The topological polar surface area (TPSA) is 119 Å². The lowest BCUT2D eigenvalue weighted by Gasteiger charge is -2.15. The Morgan fingerprint density at radius 3 is 2.36 bits per heavy atom. The van der Waals surface area contributed by atoms with E-state index in [1.165, 1.54) is 30.9 Å². The number of anilines is 2. The number of hydrogen-bond donors (Lipinski definition) is 2. The highest BCUT2D eigenvalue weighted by atomic mass is 19.4. The molecule has 2 aromatic carbocycles. The van der Waals surface area contributed by atoms with Gasteiger partial charge in [0.05, 0.1) is 35.5 Å². The Morgan fingerprint density at radius 2 is 1.62 bits per heavy atom. The van der Waals surface area contributed by atoms with Crippen LogP contribution in [0.2, 0.25) is 0 Å². The lowest BCUT2D eigenvalue weighted by Crippen LogP contribution is -2.20. The van der Waals surface area contributed by atoms with E-state index in [0.29, 0.717) is 16.9 Å². The first kappa shape index (κ1) is 26.4. The smallest absolute Gasteiger partial charge is 0.416 e. The maximum absolute atomic E-state index is 13.3. The van der Waals surface area contributed by atoms with Gasteiger partial charge in [0, 0.05) is 41.5 Å². The molecule has 2 amide bonds. The van der Waals surface area contributed by atoms with Gasteiger partial charge in [0.1, 0.15) is 5.75 Å². The molecule has 0 aliphatic heterocycles. The number of carbonyl (C=O) groups is 1. The number of amides is 2.